The standard InChI is InChI=1S/C15H17F3N2/c1-15(2)5-9(19-3)11-10(6-15)20-14-8(17)4-7(16)13(18)12(11)14/h4,9,19-20H,5-6H2,1-3H3. The summed E-state index contributed by atoms with van der Waals surface area (Å²) in [7, 11) is 1.78. The molecule has 0 saturated carbocycles. The van der Waals surface area contributed by atoms with Crippen molar-refractivity contribution in [3.8, 4) is 0 Å². The van der Waals surface area contributed by atoms with E-state index in [-0.39, 0.29) is 22.4 Å². The van der Waals surface area contributed by atoms with Gasteiger partial charge < -0.3 is 10.3 Å². The fourth-order valence-electron chi connectivity index (χ4n) is 3.32. The van der Waals surface area contributed by atoms with Gasteiger partial charge in [0.15, 0.2) is 11.6 Å². The Morgan fingerprint density at radius 1 is 1.25 bits per heavy atom. The van der Waals surface area contributed by atoms with Crippen LogP contribution in [0.3, 0.4) is 0 Å². The summed E-state index contributed by atoms with van der Waals surface area (Å²) in [5.74, 6) is -2.86. The van der Waals surface area contributed by atoms with Gasteiger partial charge in [-0.15, -0.1) is 0 Å². The van der Waals surface area contributed by atoms with Gasteiger partial charge in [0.05, 0.1) is 5.52 Å². The molecule has 0 aliphatic heterocycles. The fraction of sp³-hybridized carbons (Fsp3) is 0.467. The minimum atomic E-state index is -1.14. The van der Waals surface area contributed by atoms with Gasteiger partial charge in [-0.3, -0.25) is 0 Å². The Labute approximate surface area is 115 Å². The second-order valence-corrected chi connectivity index (χ2v) is 6.31. The molecular formula is C15H17F3N2. The van der Waals surface area contributed by atoms with Gasteiger partial charge in [-0.25, -0.2) is 13.2 Å². The van der Waals surface area contributed by atoms with Gasteiger partial charge in [0.25, 0.3) is 0 Å². The number of H-pyrrole nitrogens is 1. The Hall–Kier alpha value is -1.49. The molecule has 1 aliphatic rings. The van der Waals surface area contributed by atoms with E-state index in [0.29, 0.717) is 18.1 Å². The van der Waals surface area contributed by atoms with Crippen LogP contribution < -0.4 is 5.32 Å². The molecule has 0 bridgehead atoms. The first-order valence-electron chi connectivity index (χ1n) is 6.69. The summed E-state index contributed by atoms with van der Waals surface area (Å²) < 4.78 is 41.5. The summed E-state index contributed by atoms with van der Waals surface area (Å²) in [6, 6.07) is 0.484. The third-order valence-electron chi connectivity index (χ3n) is 4.15. The predicted molar refractivity (Wildman–Crippen MR) is 72.1 cm³/mol. The zero-order valence-electron chi connectivity index (χ0n) is 11.7. The molecule has 1 atom stereocenters. The van der Waals surface area contributed by atoms with Crippen molar-refractivity contribution in [3.63, 3.8) is 0 Å². The molecule has 2 nitrogen and oxygen atoms in total. The number of hydrogen-bond acceptors (Lipinski definition) is 1. The maximum absolute atomic E-state index is 14.1. The molecular weight excluding hydrogens is 265 g/mol. The van der Waals surface area contributed by atoms with Crippen molar-refractivity contribution in [1.82, 2.24) is 10.3 Å². The molecule has 1 unspecified atom stereocenters. The number of aromatic nitrogens is 1. The lowest BCUT2D eigenvalue weighted by molar-refractivity contribution is 0.263. The lowest BCUT2D eigenvalue weighted by Crippen LogP contribution is -2.31. The number of fused-ring (bicyclic) bond motifs is 3. The molecule has 0 fully saturated rings. The average molecular weight is 282 g/mol. The lowest BCUT2D eigenvalue weighted by Gasteiger charge is -2.35. The number of halogens is 3. The van der Waals surface area contributed by atoms with Gasteiger partial charge in [-0.1, -0.05) is 13.8 Å². The summed E-state index contributed by atoms with van der Waals surface area (Å²) in [6.45, 7) is 4.22. The summed E-state index contributed by atoms with van der Waals surface area (Å²) in [4.78, 5) is 2.95. The molecule has 1 aliphatic carbocycles. The topological polar surface area (TPSA) is 27.8 Å². The van der Waals surface area contributed by atoms with E-state index in [9.17, 15) is 13.2 Å². The lowest BCUT2D eigenvalue weighted by atomic mass is 9.74. The molecule has 1 heterocycles. The number of aromatic amines is 1. The molecule has 0 radical (unpaired) electrons. The maximum Gasteiger partial charge on any atom is 0.168 e. The van der Waals surface area contributed by atoms with E-state index in [2.05, 4.69) is 24.1 Å². The van der Waals surface area contributed by atoms with Gasteiger partial charge in [0, 0.05) is 28.8 Å². The van der Waals surface area contributed by atoms with E-state index in [1.54, 1.807) is 7.05 Å². The van der Waals surface area contributed by atoms with Crippen LogP contribution in [0.4, 0.5) is 13.2 Å². The van der Waals surface area contributed by atoms with Crippen molar-refractivity contribution >= 4 is 10.9 Å². The van der Waals surface area contributed by atoms with E-state index >= 15 is 0 Å². The second kappa shape index (κ2) is 4.25. The van der Waals surface area contributed by atoms with Crippen LogP contribution in [0.5, 0.6) is 0 Å². The Morgan fingerprint density at radius 2 is 1.95 bits per heavy atom. The molecule has 2 aromatic rings. The van der Waals surface area contributed by atoms with E-state index in [1.165, 1.54) is 0 Å². The van der Waals surface area contributed by atoms with Crippen LogP contribution in [0.25, 0.3) is 10.9 Å². The summed E-state index contributed by atoms with van der Waals surface area (Å²) in [6.07, 6.45) is 1.48. The number of nitrogens with one attached hydrogen (secondary N) is 2. The van der Waals surface area contributed by atoms with Crippen molar-refractivity contribution in [1.29, 1.82) is 0 Å². The van der Waals surface area contributed by atoms with Crippen LogP contribution in [-0.2, 0) is 6.42 Å². The number of benzene rings is 1. The van der Waals surface area contributed by atoms with E-state index in [4.69, 9.17) is 0 Å². The Bertz CT molecular complexity index is 688. The molecule has 20 heavy (non-hydrogen) atoms. The van der Waals surface area contributed by atoms with Crippen LogP contribution in [0.1, 0.15) is 37.6 Å². The van der Waals surface area contributed by atoms with E-state index in [1.807, 2.05) is 0 Å². The molecule has 3 rings (SSSR count). The molecule has 108 valence electrons. The number of rotatable bonds is 1. The van der Waals surface area contributed by atoms with Gasteiger partial charge in [0.2, 0.25) is 0 Å². The molecule has 1 aromatic heterocycles. The van der Waals surface area contributed by atoms with Crippen molar-refractivity contribution < 1.29 is 13.2 Å². The molecule has 0 spiro atoms. The third-order valence-corrected chi connectivity index (χ3v) is 4.15. The van der Waals surface area contributed by atoms with E-state index in [0.717, 1.165) is 12.1 Å². The SMILES string of the molecule is CNC1CC(C)(C)Cc2[nH]c3c(F)cc(F)c(F)c3c21. The normalized spacial score (nSPS) is 21.2. The van der Waals surface area contributed by atoms with Crippen molar-refractivity contribution in [2.75, 3.05) is 7.05 Å². The van der Waals surface area contributed by atoms with Crippen LogP contribution in [0.2, 0.25) is 0 Å². The average Bonchev–Trinajstić information content (AvgIpc) is 2.73. The summed E-state index contributed by atoms with van der Waals surface area (Å²) in [5.41, 5.74) is 1.54. The van der Waals surface area contributed by atoms with Crippen molar-refractivity contribution in [3.05, 3.63) is 34.8 Å². The molecule has 5 heteroatoms. The first-order chi connectivity index (χ1) is 9.34. The Morgan fingerprint density at radius 3 is 2.60 bits per heavy atom. The predicted octanol–water partition coefficient (Wildman–Crippen LogP) is 3.82. The largest absolute Gasteiger partial charge is 0.356 e. The van der Waals surface area contributed by atoms with Crippen LogP contribution in [-0.4, -0.2) is 12.0 Å². The minimum Gasteiger partial charge on any atom is -0.356 e. The quantitative estimate of drug-likeness (QED) is 0.765. The van der Waals surface area contributed by atoms with Gasteiger partial charge in [0.1, 0.15) is 5.82 Å². The second-order valence-electron chi connectivity index (χ2n) is 6.31. The summed E-state index contributed by atoms with van der Waals surface area (Å²) in [5, 5.41) is 3.18. The molecule has 0 saturated heterocycles. The van der Waals surface area contributed by atoms with Gasteiger partial charge in [-0.2, -0.15) is 0 Å². The smallest absolute Gasteiger partial charge is 0.168 e. The molecule has 0 amide bonds. The van der Waals surface area contributed by atoms with Crippen LogP contribution in [0.15, 0.2) is 6.07 Å². The van der Waals surface area contributed by atoms with Gasteiger partial charge in [-0.05, 0) is 25.3 Å². The third kappa shape index (κ3) is 1.84. The van der Waals surface area contributed by atoms with Crippen molar-refractivity contribution in [2.24, 2.45) is 5.41 Å². The zero-order valence-corrected chi connectivity index (χ0v) is 11.7. The zero-order chi connectivity index (χ0) is 14.7. The Kier molecular flexibility index (Phi) is 2.87. The van der Waals surface area contributed by atoms with E-state index < -0.39 is 17.5 Å². The monoisotopic (exact) mass is 282 g/mol. The molecule has 2 N–H and O–H groups in total. The number of hydrogen-bond donors (Lipinski definition) is 2. The van der Waals surface area contributed by atoms with Crippen LogP contribution >= 0.6 is 0 Å². The highest BCUT2D eigenvalue weighted by Gasteiger charge is 2.36. The van der Waals surface area contributed by atoms with Gasteiger partial charge >= 0.3 is 0 Å². The Balaban J connectivity index is 2.36. The maximum atomic E-state index is 14.1. The highest BCUT2D eigenvalue weighted by Crippen LogP contribution is 2.44. The summed E-state index contributed by atoms with van der Waals surface area (Å²) >= 11 is 0. The highest BCUT2D eigenvalue weighted by molar-refractivity contribution is 5.87. The first kappa shape index (κ1) is 13.5. The van der Waals surface area contributed by atoms with Crippen molar-refractivity contribution in [2.45, 2.75) is 32.7 Å². The minimum absolute atomic E-state index is 0.0209. The molecule has 1 aromatic carbocycles. The first-order valence-corrected chi connectivity index (χ1v) is 6.69. The van der Waals surface area contributed by atoms with Crippen LogP contribution in [0, 0.1) is 22.9 Å². The fourth-order valence-corrected chi connectivity index (χ4v) is 3.32. The highest BCUT2D eigenvalue weighted by atomic mass is 19.2.